The molecule has 0 unspecified atom stereocenters. The van der Waals surface area contributed by atoms with Crippen molar-refractivity contribution < 1.29 is 9.84 Å². The maximum atomic E-state index is 9.25. The molecule has 2 rings (SSSR count). The van der Waals surface area contributed by atoms with Crippen LogP contribution in [0.25, 0.3) is 0 Å². The second-order valence-electron chi connectivity index (χ2n) is 3.46. The molecule has 0 aliphatic carbocycles. The van der Waals surface area contributed by atoms with Crippen LogP contribution in [0.4, 0.5) is 0 Å². The molecule has 1 aliphatic rings. The molecular formula is C11H14O2. The van der Waals surface area contributed by atoms with Crippen molar-refractivity contribution >= 4 is 0 Å². The molecule has 1 aromatic carbocycles. The summed E-state index contributed by atoms with van der Waals surface area (Å²) in [7, 11) is 0. The lowest BCUT2D eigenvalue weighted by atomic mass is 10.0. The van der Waals surface area contributed by atoms with Gasteiger partial charge < -0.3 is 9.84 Å². The second kappa shape index (κ2) is 3.90. The summed E-state index contributed by atoms with van der Waals surface area (Å²) in [5.41, 5.74) is 1.22. The van der Waals surface area contributed by atoms with Gasteiger partial charge >= 0.3 is 0 Å². The van der Waals surface area contributed by atoms with E-state index in [0.29, 0.717) is 6.61 Å². The summed E-state index contributed by atoms with van der Waals surface area (Å²) in [4.78, 5) is 0. The molecule has 13 heavy (non-hydrogen) atoms. The van der Waals surface area contributed by atoms with Crippen LogP contribution < -0.4 is 0 Å². The van der Waals surface area contributed by atoms with Gasteiger partial charge in [0.25, 0.3) is 0 Å². The molecule has 1 heterocycles. The average Bonchev–Trinajstić information content (AvgIpc) is 2.20. The van der Waals surface area contributed by atoms with Crippen LogP contribution in [0, 0.1) is 0 Å². The monoisotopic (exact) mass is 178 g/mol. The minimum atomic E-state index is -0.264. The standard InChI is InChI=1S/C11H14O2/c12-10-6-7-11(13-8-10)9-4-2-1-3-5-9/h1-5,10-12H,6-8H2/t10-,11-/m1/s1. The van der Waals surface area contributed by atoms with Gasteiger partial charge in [-0.3, -0.25) is 0 Å². The van der Waals surface area contributed by atoms with Crippen LogP contribution in [0.5, 0.6) is 0 Å². The fraction of sp³-hybridized carbons (Fsp3) is 0.455. The summed E-state index contributed by atoms with van der Waals surface area (Å²) >= 11 is 0. The molecule has 1 N–H and O–H groups in total. The summed E-state index contributed by atoms with van der Waals surface area (Å²) in [6.45, 7) is 0.472. The predicted octanol–water partition coefficient (Wildman–Crippen LogP) is 1.90. The first-order chi connectivity index (χ1) is 6.36. The molecule has 2 nitrogen and oxygen atoms in total. The lowest BCUT2D eigenvalue weighted by molar-refractivity contribution is -0.0568. The number of benzene rings is 1. The Morgan fingerprint density at radius 2 is 1.92 bits per heavy atom. The van der Waals surface area contributed by atoms with E-state index in [1.165, 1.54) is 5.56 Å². The fourth-order valence-electron chi connectivity index (χ4n) is 1.67. The third kappa shape index (κ3) is 2.08. The number of hydrogen-bond acceptors (Lipinski definition) is 2. The Kier molecular flexibility index (Phi) is 2.62. The molecule has 70 valence electrons. The minimum Gasteiger partial charge on any atom is -0.391 e. The lowest BCUT2D eigenvalue weighted by Crippen LogP contribution is -2.24. The molecule has 1 aliphatic heterocycles. The van der Waals surface area contributed by atoms with Crippen LogP contribution in [-0.2, 0) is 4.74 Å². The van der Waals surface area contributed by atoms with E-state index in [2.05, 4.69) is 12.1 Å². The molecule has 2 heteroatoms. The van der Waals surface area contributed by atoms with Gasteiger partial charge in [-0.15, -0.1) is 0 Å². The summed E-state index contributed by atoms with van der Waals surface area (Å²) in [6, 6.07) is 10.2. The molecule has 2 atom stereocenters. The summed E-state index contributed by atoms with van der Waals surface area (Å²) in [5.74, 6) is 0. The van der Waals surface area contributed by atoms with Crippen molar-refractivity contribution in [2.45, 2.75) is 25.0 Å². The largest absolute Gasteiger partial charge is 0.391 e. The zero-order chi connectivity index (χ0) is 9.10. The minimum absolute atomic E-state index is 0.185. The smallest absolute Gasteiger partial charge is 0.0827 e. The number of ether oxygens (including phenoxy) is 1. The van der Waals surface area contributed by atoms with Gasteiger partial charge in [0.15, 0.2) is 0 Å². The van der Waals surface area contributed by atoms with Crippen molar-refractivity contribution in [1.82, 2.24) is 0 Å². The number of rotatable bonds is 1. The van der Waals surface area contributed by atoms with Gasteiger partial charge in [-0.1, -0.05) is 30.3 Å². The zero-order valence-electron chi connectivity index (χ0n) is 7.52. The Bertz CT molecular complexity index is 250. The number of hydrogen-bond donors (Lipinski definition) is 1. The average molecular weight is 178 g/mol. The number of aliphatic hydroxyl groups is 1. The maximum absolute atomic E-state index is 9.25. The fourth-order valence-corrected chi connectivity index (χ4v) is 1.67. The molecule has 1 fully saturated rings. The van der Waals surface area contributed by atoms with Crippen molar-refractivity contribution in [2.75, 3.05) is 6.61 Å². The van der Waals surface area contributed by atoms with Gasteiger partial charge in [0.05, 0.1) is 18.8 Å². The molecule has 0 amide bonds. The highest BCUT2D eigenvalue weighted by Gasteiger charge is 2.20. The van der Waals surface area contributed by atoms with E-state index in [0.717, 1.165) is 12.8 Å². The molecule has 0 aromatic heterocycles. The van der Waals surface area contributed by atoms with Gasteiger partial charge in [-0.2, -0.15) is 0 Å². The van der Waals surface area contributed by atoms with Crippen molar-refractivity contribution in [3.8, 4) is 0 Å². The van der Waals surface area contributed by atoms with Crippen LogP contribution in [0.1, 0.15) is 24.5 Å². The first kappa shape index (κ1) is 8.73. The third-order valence-corrected chi connectivity index (χ3v) is 2.42. The first-order valence-corrected chi connectivity index (χ1v) is 4.71. The lowest BCUT2D eigenvalue weighted by Gasteiger charge is -2.26. The molecular weight excluding hydrogens is 164 g/mol. The normalized spacial score (nSPS) is 28.7. The van der Waals surface area contributed by atoms with Gasteiger partial charge in [0, 0.05) is 0 Å². The van der Waals surface area contributed by atoms with Gasteiger partial charge in [0.1, 0.15) is 0 Å². The molecule has 1 aromatic rings. The van der Waals surface area contributed by atoms with Crippen LogP contribution in [-0.4, -0.2) is 17.8 Å². The van der Waals surface area contributed by atoms with Gasteiger partial charge in [-0.25, -0.2) is 0 Å². The zero-order valence-corrected chi connectivity index (χ0v) is 7.52. The van der Waals surface area contributed by atoms with Crippen LogP contribution in [0.3, 0.4) is 0 Å². The second-order valence-corrected chi connectivity index (χ2v) is 3.46. The van der Waals surface area contributed by atoms with E-state index in [1.807, 2.05) is 18.2 Å². The maximum Gasteiger partial charge on any atom is 0.0827 e. The van der Waals surface area contributed by atoms with Crippen molar-refractivity contribution in [3.05, 3.63) is 35.9 Å². The van der Waals surface area contributed by atoms with Crippen molar-refractivity contribution in [2.24, 2.45) is 0 Å². The molecule has 0 spiro atoms. The Balaban J connectivity index is 2.03. The SMILES string of the molecule is O[C@@H]1CC[C@H](c2ccccc2)OC1. The van der Waals surface area contributed by atoms with E-state index >= 15 is 0 Å². The predicted molar refractivity (Wildman–Crippen MR) is 50.4 cm³/mol. The summed E-state index contributed by atoms with van der Waals surface area (Å²) in [6.07, 6.45) is 1.69. The highest BCUT2D eigenvalue weighted by molar-refractivity contribution is 5.17. The van der Waals surface area contributed by atoms with E-state index in [9.17, 15) is 5.11 Å². The molecule has 1 saturated heterocycles. The number of aliphatic hydroxyl groups excluding tert-OH is 1. The summed E-state index contributed by atoms with van der Waals surface area (Å²) in [5, 5.41) is 9.25. The van der Waals surface area contributed by atoms with Crippen LogP contribution in [0.15, 0.2) is 30.3 Å². The Labute approximate surface area is 78.2 Å². The Hall–Kier alpha value is -0.860. The topological polar surface area (TPSA) is 29.5 Å². The highest BCUT2D eigenvalue weighted by Crippen LogP contribution is 2.27. The summed E-state index contributed by atoms with van der Waals surface area (Å²) < 4.78 is 5.53. The van der Waals surface area contributed by atoms with Gasteiger partial charge in [-0.05, 0) is 18.4 Å². The molecule has 0 radical (unpaired) electrons. The molecule has 0 bridgehead atoms. The van der Waals surface area contributed by atoms with Crippen molar-refractivity contribution in [1.29, 1.82) is 0 Å². The third-order valence-electron chi connectivity index (χ3n) is 2.42. The van der Waals surface area contributed by atoms with E-state index in [-0.39, 0.29) is 12.2 Å². The molecule has 0 saturated carbocycles. The Morgan fingerprint density at radius 3 is 2.54 bits per heavy atom. The van der Waals surface area contributed by atoms with E-state index in [4.69, 9.17) is 4.74 Å². The Morgan fingerprint density at radius 1 is 1.15 bits per heavy atom. The quantitative estimate of drug-likeness (QED) is 0.711. The van der Waals surface area contributed by atoms with E-state index in [1.54, 1.807) is 0 Å². The first-order valence-electron chi connectivity index (χ1n) is 4.71. The van der Waals surface area contributed by atoms with Crippen molar-refractivity contribution in [3.63, 3.8) is 0 Å². The highest BCUT2D eigenvalue weighted by atomic mass is 16.5. The van der Waals surface area contributed by atoms with E-state index < -0.39 is 0 Å². The van der Waals surface area contributed by atoms with Crippen LogP contribution in [0.2, 0.25) is 0 Å². The van der Waals surface area contributed by atoms with Crippen LogP contribution >= 0.6 is 0 Å². The van der Waals surface area contributed by atoms with Gasteiger partial charge in [0.2, 0.25) is 0 Å².